The Morgan fingerprint density at radius 1 is 1.24 bits per heavy atom. The molecule has 3 aromatic rings. The van der Waals surface area contributed by atoms with Gasteiger partial charge in [-0.05, 0) is 25.5 Å². The van der Waals surface area contributed by atoms with Gasteiger partial charge in [0.05, 0.1) is 11.1 Å². The summed E-state index contributed by atoms with van der Waals surface area (Å²) in [6.45, 7) is 3.11. The van der Waals surface area contributed by atoms with E-state index in [1.54, 1.807) is 37.3 Å². The van der Waals surface area contributed by atoms with Gasteiger partial charge in [0.1, 0.15) is 11.4 Å². The van der Waals surface area contributed by atoms with Crippen molar-refractivity contribution in [1.29, 1.82) is 0 Å². The maximum Gasteiger partial charge on any atom is 0.339 e. The molecule has 0 atom stereocenters. The number of Topliss-reactive ketones (excluding diaryl/α,β-unsaturated/α-hetero) is 1. The molecule has 0 bridgehead atoms. The minimum Gasteiger partial charge on any atom is -0.454 e. The number of aromatic amines is 1. The number of ketones is 1. The van der Waals surface area contributed by atoms with E-state index in [4.69, 9.17) is 10.5 Å². The lowest BCUT2D eigenvalue weighted by Crippen LogP contribution is -2.37. The number of ether oxygens (including phenoxy) is 1. The van der Waals surface area contributed by atoms with Crippen molar-refractivity contribution in [2.45, 2.75) is 26.8 Å². The minimum absolute atomic E-state index is 0.240. The number of aromatic nitrogens is 3. The van der Waals surface area contributed by atoms with Crippen molar-refractivity contribution in [2.24, 2.45) is 0 Å². The highest BCUT2D eigenvalue weighted by Gasteiger charge is 2.21. The fourth-order valence-corrected chi connectivity index (χ4v) is 3.06. The number of nitrogens with two attached hydrogens (primary N) is 1. The quantitative estimate of drug-likeness (QED) is 0.475. The largest absolute Gasteiger partial charge is 0.454 e. The summed E-state index contributed by atoms with van der Waals surface area (Å²) in [5, 5.41) is 0.587. The lowest BCUT2D eigenvalue weighted by molar-refractivity contribution is 0.0476. The number of pyridine rings is 1. The van der Waals surface area contributed by atoms with Crippen LogP contribution in [-0.2, 0) is 11.3 Å². The molecule has 2 heterocycles. The number of benzene rings is 1. The Kier molecular flexibility index (Phi) is 5.58. The van der Waals surface area contributed by atoms with E-state index < -0.39 is 35.2 Å². The van der Waals surface area contributed by atoms with Crippen LogP contribution in [0, 0.1) is 6.92 Å². The van der Waals surface area contributed by atoms with Gasteiger partial charge in [-0.25, -0.2) is 9.59 Å². The van der Waals surface area contributed by atoms with E-state index in [1.165, 1.54) is 0 Å². The molecule has 3 rings (SSSR count). The predicted octanol–water partition coefficient (Wildman–Crippen LogP) is 1.43. The predicted molar refractivity (Wildman–Crippen MR) is 107 cm³/mol. The van der Waals surface area contributed by atoms with Gasteiger partial charge in [-0.15, -0.1) is 0 Å². The maximum absolute atomic E-state index is 12.6. The molecule has 9 nitrogen and oxygen atoms in total. The van der Waals surface area contributed by atoms with Crippen LogP contribution in [0.2, 0.25) is 0 Å². The third-order valence-corrected chi connectivity index (χ3v) is 4.36. The molecule has 9 heteroatoms. The SMILES string of the molecule is CCCn1c(N)c(C(=O)COC(=O)c2cc(C)nc3ccccc23)c(=O)[nH]c1=O. The highest BCUT2D eigenvalue weighted by molar-refractivity contribution is 6.06. The van der Waals surface area contributed by atoms with Crippen LogP contribution in [0.25, 0.3) is 10.9 Å². The van der Waals surface area contributed by atoms with E-state index in [9.17, 15) is 19.2 Å². The number of anilines is 1. The van der Waals surface area contributed by atoms with Crippen LogP contribution >= 0.6 is 0 Å². The summed E-state index contributed by atoms with van der Waals surface area (Å²) in [5.41, 5.74) is 5.36. The number of nitrogens with zero attached hydrogens (tertiary/aromatic N) is 2. The molecule has 0 amide bonds. The second kappa shape index (κ2) is 8.09. The van der Waals surface area contributed by atoms with E-state index in [-0.39, 0.29) is 17.9 Å². The third-order valence-electron chi connectivity index (χ3n) is 4.36. The Bertz CT molecular complexity index is 1230. The first-order chi connectivity index (χ1) is 13.8. The van der Waals surface area contributed by atoms with Crippen LogP contribution in [-0.4, -0.2) is 32.9 Å². The van der Waals surface area contributed by atoms with Crippen molar-refractivity contribution >= 4 is 28.5 Å². The fraction of sp³-hybridized carbons (Fsp3) is 0.250. The molecule has 0 aliphatic rings. The summed E-state index contributed by atoms with van der Waals surface area (Å²) in [4.78, 5) is 55.4. The molecular formula is C20H20N4O5. The summed E-state index contributed by atoms with van der Waals surface area (Å²) >= 11 is 0. The van der Waals surface area contributed by atoms with Crippen molar-refractivity contribution in [2.75, 3.05) is 12.3 Å². The molecule has 29 heavy (non-hydrogen) atoms. The van der Waals surface area contributed by atoms with Gasteiger partial charge in [-0.1, -0.05) is 25.1 Å². The summed E-state index contributed by atoms with van der Waals surface area (Å²) in [6, 6.07) is 8.62. The Hall–Kier alpha value is -3.75. The number of nitrogens with one attached hydrogen (secondary N) is 1. The number of nitrogen functional groups attached to an aromatic ring is 1. The van der Waals surface area contributed by atoms with Crippen LogP contribution in [0.3, 0.4) is 0 Å². The maximum atomic E-state index is 12.6. The van der Waals surface area contributed by atoms with Crippen LogP contribution in [0.15, 0.2) is 39.9 Å². The van der Waals surface area contributed by atoms with Gasteiger partial charge in [0.2, 0.25) is 5.78 Å². The number of para-hydroxylation sites is 1. The first-order valence-electron chi connectivity index (χ1n) is 9.02. The van der Waals surface area contributed by atoms with Gasteiger partial charge in [-0.2, -0.15) is 0 Å². The van der Waals surface area contributed by atoms with Crippen molar-refractivity contribution in [1.82, 2.24) is 14.5 Å². The number of esters is 1. The molecule has 0 saturated carbocycles. The first-order valence-corrected chi connectivity index (χ1v) is 9.02. The molecule has 0 saturated heterocycles. The van der Waals surface area contributed by atoms with E-state index in [1.807, 2.05) is 6.92 Å². The number of hydrogen-bond acceptors (Lipinski definition) is 7. The van der Waals surface area contributed by atoms with Crippen molar-refractivity contribution in [3.8, 4) is 0 Å². The molecule has 1 aromatic carbocycles. The summed E-state index contributed by atoms with van der Waals surface area (Å²) in [6.07, 6.45) is 0.577. The molecule has 3 N–H and O–H groups in total. The van der Waals surface area contributed by atoms with Crippen molar-refractivity contribution in [3.05, 3.63) is 68.0 Å². The standard InChI is InChI=1S/C20H20N4O5/c1-3-8-24-17(21)16(18(26)23-20(24)28)15(25)10-29-19(27)13-9-11(2)22-14-7-5-4-6-12(13)14/h4-7,9H,3,8,10,21H2,1-2H3,(H,23,26,28). The van der Waals surface area contributed by atoms with Gasteiger partial charge < -0.3 is 10.5 Å². The van der Waals surface area contributed by atoms with Gasteiger partial charge in [-0.3, -0.25) is 24.1 Å². The van der Waals surface area contributed by atoms with Crippen LogP contribution < -0.4 is 17.0 Å². The highest BCUT2D eigenvalue weighted by Crippen LogP contribution is 2.19. The van der Waals surface area contributed by atoms with Crippen LogP contribution in [0.1, 0.15) is 39.8 Å². The van der Waals surface area contributed by atoms with E-state index >= 15 is 0 Å². The van der Waals surface area contributed by atoms with Gasteiger partial charge in [0.25, 0.3) is 5.56 Å². The average molecular weight is 396 g/mol. The topological polar surface area (TPSA) is 137 Å². The molecular weight excluding hydrogens is 376 g/mol. The lowest BCUT2D eigenvalue weighted by Gasteiger charge is -2.12. The Balaban J connectivity index is 1.87. The molecule has 0 spiro atoms. The molecule has 0 fully saturated rings. The average Bonchev–Trinajstić information content (AvgIpc) is 2.68. The van der Waals surface area contributed by atoms with E-state index in [2.05, 4.69) is 9.97 Å². The van der Waals surface area contributed by atoms with Gasteiger partial charge >= 0.3 is 11.7 Å². The van der Waals surface area contributed by atoms with Gasteiger partial charge in [0.15, 0.2) is 6.61 Å². The number of carbonyl (C=O) groups is 2. The monoisotopic (exact) mass is 396 g/mol. The summed E-state index contributed by atoms with van der Waals surface area (Å²) < 4.78 is 6.24. The zero-order chi connectivity index (χ0) is 21.1. The lowest BCUT2D eigenvalue weighted by atomic mass is 10.1. The number of fused-ring (bicyclic) bond motifs is 1. The summed E-state index contributed by atoms with van der Waals surface area (Å²) in [5.74, 6) is -1.76. The normalized spacial score (nSPS) is 10.8. The zero-order valence-electron chi connectivity index (χ0n) is 16.0. The molecule has 150 valence electrons. The molecule has 0 unspecified atom stereocenters. The third kappa shape index (κ3) is 3.93. The van der Waals surface area contributed by atoms with Crippen LogP contribution in [0.5, 0.6) is 0 Å². The Morgan fingerprint density at radius 3 is 2.69 bits per heavy atom. The fourth-order valence-electron chi connectivity index (χ4n) is 3.06. The first kappa shape index (κ1) is 20.0. The molecule has 0 aliphatic carbocycles. The van der Waals surface area contributed by atoms with E-state index in [0.717, 1.165) is 4.57 Å². The second-order valence-electron chi connectivity index (χ2n) is 6.50. The highest BCUT2D eigenvalue weighted by atomic mass is 16.5. The number of aryl methyl sites for hydroxylation is 1. The Labute approximate surface area is 165 Å². The minimum atomic E-state index is -0.911. The van der Waals surface area contributed by atoms with Gasteiger partial charge in [0, 0.05) is 17.6 Å². The Morgan fingerprint density at radius 2 is 1.97 bits per heavy atom. The molecule has 0 radical (unpaired) electrons. The zero-order valence-corrected chi connectivity index (χ0v) is 16.0. The van der Waals surface area contributed by atoms with Crippen LogP contribution in [0.4, 0.5) is 5.82 Å². The second-order valence-corrected chi connectivity index (χ2v) is 6.50. The summed E-state index contributed by atoms with van der Waals surface area (Å²) in [7, 11) is 0. The molecule has 0 aliphatic heterocycles. The van der Waals surface area contributed by atoms with Crippen molar-refractivity contribution in [3.63, 3.8) is 0 Å². The number of hydrogen-bond donors (Lipinski definition) is 2. The van der Waals surface area contributed by atoms with Crippen molar-refractivity contribution < 1.29 is 14.3 Å². The molecule has 2 aromatic heterocycles. The van der Waals surface area contributed by atoms with E-state index in [0.29, 0.717) is 23.0 Å². The smallest absolute Gasteiger partial charge is 0.339 e. The number of H-pyrrole nitrogens is 1. The number of rotatable bonds is 6. The number of carbonyl (C=O) groups excluding carboxylic acids is 2.